The quantitative estimate of drug-likeness (QED) is 0.865. The SMILES string of the molecule is Cc1ccc(C)c(S(=O)Cc2cc(C#N)ccc2F)c1. The van der Waals surface area contributed by atoms with Crippen LogP contribution in [0.25, 0.3) is 0 Å². The van der Waals surface area contributed by atoms with Crippen LogP contribution < -0.4 is 0 Å². The van der Waals surface area contributed by atoms with Crippen LogP contribution in [0.15, 0.2) is 41.3 Å². The summed E-state index contributed by atoms with van der Waals surface area (Å²) < 4.78 is 26.1. The van der Waals surface area contributed by atoms with E-state index in [2.05, 4.69) is 0 Å². The number of halogens is 1. The molecule has 102 valence electrons. The van der Waals surface area contributed by atoms with Gasteiger partial charge in [-0.05, 0) is 49.2 Å². The molecule has 0 saturated heterocycles. The van der Waals surface area contributed by atoms with E-state index in [0.29, 0.717) is 16.0 Å². The minimum absolute atomic E-state index is 0.0750. The van der Waals surface area contributed by atoms with Gasteiger partial charge < -0.3 is 0 Å². The third kappa shape index (κ3) is 3.12. The summed E-state index contributed by atoms with van der Waals surface area (Å²) in [6.07, 6.45) is 0. The fourth-order valence-corrected chi connectivity index (χ4v) is 3.33. The highest BCUT2D eigenvalue weighted by atomic mass is 32.2. The molecule has 0 aromatic heterocycles. The summed E-state index contributed by atoms with van der Waals surface area (Å²) in [6.45, 7) is 3.81. The zero-order valence-electron chi connectivity index (χ0n) is 11.3. The topological polar surface area (TPSA) is 40.9 Å². The number of nitrogens with zero attached hydrogens (tertiary/aromatic N) is 1. The van der Waals surface area contributed by atoms with Crippen LogP contribution in [0, 0.1) is 31.0 Å². The zero-order chi connectivity index (χ0) is 14.7. The van der Waals surface area contributed by atoms with E-state index in [0.717, 1.165) is 11.1 Å². The molecule has 0 saturated carbocycles. The van der Waals surface area contributed by atoms with Gasteiger partial charge in [-0.2, -0.15) is 5.26 Å². The minimum atomic E-state index is -1.33. The standard InChI is InChI=1S/C16H14FNOS/c1-11-3-4-12(2)16(7-11)20(19)10-14-8-13(9-18)5-6-15(14)17/h3-8H,10H2,1-2H3. The first-order valence-electron chi connectivity index (χ1n) is 6.15. The van der Waals surface area contributed by atoms with Crippen molar-refractivity contribution in [3.05, 3.63) is 64.5 Å². The summed E-state index contributed by atoms with van der Waals surface area (Å²) in [4.78, 5) is 0.715. The van der Waals surface area contributed by atoms with Crippen LogP contribution in [0.4, 0.5) is 4.39 Å². The van der Waals surface area contributed by atoms with Gasteiger partial charge in [0.05, 0.1) is 28.2 Å². The Hall–Kier alpha value is -1.99. The van der Waals surface area contributed by atoms with Gasteiger partial charge >= 0.3 is 0 Å². The summed E-state index contributed by atoms with van der Waals surface area (Å²) in [5, 5.41) is 8.84. The molecule has 0 amide bonds. The first kappa shape index (κ1) is 14.4. The highest BCUT2D eigenvalue weighted by Gasteiger charge is 2.12. The molecule has 2 aromatic rings. The van der Waals surface area contributed by atoms with E-state index in [-0.39, 0.29) is 5.75 Å². The maximum atomic E-state index is 13.7. The van der Waals surface area contributed by atoms with Crippen molar-refractivity contribution in [1.29, 1.82) is 5.26 Å². The summed E-state index contributed by atoms with van der Waals surface area (Å²) in [5.74, 6) is -0.353. The predicted molar refractivity (Wildman–Crippen MR) is 77.1 cm³/mol. The third-order valence-electron chi connectivity index (χ3n) is 3.05. The van der Waals surface area contributed by atoms with E-state index in [1.165, 1.54) is 18.2 Å². The summed E-state index contributed by atoms with van der Waals surface area (Å²) in [7, 11) is -1.33. The van der Waals surface area contributed by atoms with Gasteiger partial charge in [0.25, 0.3) is 0 Å². The van der Waals surface area contributed by atoms with Gasteiger partial charge in [0.15, 0.2) is 0 Å². The van der Waals surface area contributed by atoms with E-state index >= 15 is 0 Å². The number of hydrogen-bond donors (Lipinski definition) is 0. The highest BCUT2D eigenvalue weighted by molar-refractivity contribution is 7.84. The lowest BCUT2D eigenvalue weighted by Crippen LogP contribution is -2.02. The van der Waals surface area contributed by atoms with Gasteiger partial charge in [-0.1, -0.05) is 12.1 Å². The Balaban J connectivity index is 2.33. The van der Waals surface area contributed by atoms with Crippen molar-refractivity contribution in [1.82, 2.24) is 0 Å². The molecular weight excluding hydrogens is 273 g/mol. The van der Waals surface area contributed by atoms with Crippen molar-refractivity contribution < 1.29 is 8.60 Å². The Kier molecular flexibility index (Phi) is 4.31. The lowest BCUT2D eigenvalue weighted by atomic mass is 10.1. The Morgan fingerprint density at radius 1 is 1.20 bits per heavy atom. The maximum Gasteiger partial charge on any atom is 0.127 e. The number of hydrogen-bond acceptors (Lipinski definition) is 2. The van der Waals surface area contributed by atoms with Crippen LogP contribution >= 0.6 is 0 Å². The molecule has 0 aliphatic heterocycles. The monoisotopic (exact) mass is 287 g/mol. The summed E-state index contributed by atoms with van der Waals surface area (Å²) in [5.41, 5.74) is 2.62. The van der Waals surface area contributed by atoms with Gasteiger partial charge in [0.1, 0.15) is 5.82 Å². The molecule has 2 aromatic carbocycles. The van der Waals surface area contributed by atoms with E-state index < -0.39 is 16.6 Å². The van der Waals surface area contributed by atoms with E-state index in [1.54, 1.807) is 0 Å². The lowest BCUT2D eigenvalue weighted by molar-refractivity contribution is 0.615. The molecule has 0 N–H and O–H groups in total. The molecule has 0 spiro atoms. The zero-order valence-corrected chi connectivity index (χ0v) is 12.1. The molecule has 0 radical (unpaired) electrons. The van der Waals surface area contributed by atoms with Gasteiger partial charge in [0.2, 0.25) is 0 Å². The van der Waals surface area contributed by atoms with Crippen LogP contribution in [0.1, 0.15) is 22.3 Å². The van der Waals surface area contributed by atoms with Crippen molar-refractivity contribution in [3.63, 3.8) is 0 Å². The molecule has 0 aliphatic rings. The second-order valence-corrected chi connectivity index (χ2v) is 6.10. The average molecular weight is 287 g/mol. The van der Waals surface area contributed by atoms with E-state index in [9.17, 15) is 8.60 Å². The number of benzene rings is 2. The molecule has 0 heterocycles. The molecular formula is C16H14FNOS. The number of rotatable bonds is 3. The number of nitriles is 1. The second-order valence-electron chi connectivity index (χ2n) is 4.68. The van der Waals surface area contributed by atoms with Crippen molar-refractivity contribution in [3.8, 4) is 6.07 Å². The molecule has 1 atom stereocenters. The molecule has 0 aliphatic carbocycles. The van der Waals surface area contributed by atoms with Gasteiger partial charge in [0, 0.05) is 10.5 Å². The molecule has 4 heteroatoms. The Bertz CT molecular complexity index is 719. The summed E-state index contributed by atoms with van der Waals surface area (Å²) >= 11 is 0. The third-order valence-corrected chi connectivity index (χ3v) is 4.55. The molecule has 0 bridgehead atoms. The Labute approximate surface area is 120 Å². The maximum absolute atomic E-state index is 13.7. The normalized spacial score (nSPS) is 11.9. The average Bonchev–Trinajstić information content (AvgIpc) is 2.43. The van der Waals surface area contributed by atoms with Crippen molar-refractivity contribution in [2.24, 2.45) is 0 Å². The lowest BCUT2D eigenvalue weighted by Gasteiger charge is -2.08. The van der Waals surface area contributed by atoms with E-state index in [4.69, 9.17) is 5.26 Å². The van der Waals surface area contributed by atoms with Gasteiger partial charge in [-0.25, -0.2) is 4.39 Å². The van der Waals surface area contributed by atoms with Crippen molar-refractivity contribution in [2.75, 3.05) is 0 Å². The molecule has 2 nitrogen and oxygen atoms in total. The van der Waals surface area contributed by atoms with Crippen LogP contribution in [0.2, 0.25) is 0 Å². The highest BCUT2D eigenvalue weighted by Crippen LogP contribution is 2.20. The first-order chi connectivity index (χ1) is 9.51. The second kappa shape index (κ2) is 5.98. The van der Waals surface area contributed by atoms with E-state index in [1.807, 2.05) is 38.1 Å². The van der Waals surface area contributed by atoms with Gasteiger partial charge in [-0.3, -0.25) is 4.21 Å². The largest absolute Gasteiger partial charge is 0.254 e. The first-order valence-corrected chi connectivity index (χ1v) is 7.47. The van der Waals surface area contributed by atoms with Crippen LogP contribution in [0.3, 0.4) is 0 Å². The molecule has 20 heavy (non-hydrogen) atoms. The van der Waals surface area contributed by atoms with Crippen LogP contribution in [-0.4, -0.2) is 4.21 Å². The smallest absolute Gasteiger partial charge is 0.127 e. The molecule has 2 rings (SSSR count). The summed E-state index contributed by atoms with van der Waals surface area (Å²) in [6, 6.07) is 11.8. The Morgan fingerprint density at radius 2 is 1.95 bits per heavy atom. The predicted octanol–water partition coefficient (Wildman–Crippen LogP) is 3.62. The van der Waals surface area contributed by atoms with Crippen LogP contribution in [0.5, 0.6) is 0 Å². The van der Waals surface area contributed by atoms with Crippen molar-refractivity contribution in [2.45, 2.75) is 24.5 Å². The van der Waals surface area contributed by atoms with Crippen molar-refractivity contribution >= 4 is 10.8 Å². The number of aryl methyl sites for hydroxylation is 2. The fraction of sp³-hybridized carbons (Fsp3) is 0.188. The van der Waals surface area contributed by atoms with Crippen LogP contribution in [-0.2, 0) is 16.6 Å². The Morgan fingerprint density at radius 3 is 2.65 bits per heavy atom. The molecule has 0 fully saturated rings. The fourth-order valence-electron chi connectivity index (χ4n) is 1.93. The molecule has 1 unspecified atom stereocenters. The minimum Gasteiger partial charge on any atom is -0.254 e. The van der Waals surface area contributed by atoms with Gasteiger partial charge in [-0.15, -0.1) is 0 Å².